The number of carboxylic acid groups (broad SMARTS) is 1. The first-order valence-corrected chi connectivity index (χ1v) is 5.83. The molecule has 18 heavy (non-hydrogen) atoms. The molecule has 1 atom stereocenters. The fourth-order valence-electron chi connectivity index (χ4n) is 1.37. The molecule has 1 aromatic rings. The van der Waals surface area contributed by atoms with Crippen LogP contribution in [0.2, 0.25) is 5.15 Å². The number of amides is 1. The van der Waals surface area contributed by atoms with Crippen molar-refractivity contribution < 1.29 is 14.7 Å². The zero-order valence-corrected chi connectivity index (χ0v) is 10.9. The number of rotatable bonds is 5. The second kappa shape index (κ2) is 6.30. The summed E-state index contributed by atoms with van der Waals surface area (Å²) in [4.78, 5) is 31.9. The minimum Gasteiger partial charge on any atom is -0.481 e. The predicted octanol–water partition coefficient (Wildman–Crippen LogP) is 1.31. The van der Waals surface area contributed by atoms with E-state index in [-0.39, 0.29) is 23.3 Å². The van der Waals surface area contributed by atoms with Crippen LogP contribution in [-0.4, -0.2) is 44.9 Å². The van der Waals surface area contributed by atoms with Crippen molar-refractivity contribution in [2.75, 3.05) is 13.1 Å². The molecule has 0 radical (unpaired) electrons. The zero-order chi connectivity index (χ0) is 13.7. The van der Waals surface area contributed by atoms with Gasteiger partial charge in [0.25, 0.3) is 5.91 Å². The lowest BCUT2D eigenvalue weighted by Gasteiger charge is -2.22. The van der Waals surface area contributed by atoms with Crippen molar-refractivity contribution in [2.24, 2.45) is 5.92 Å². The lowest BCUT2D eigenvalue weighted by atomic mass is 10.1. The summed E-state index contributed by atoms with van der Waals surface area (Å²) in [5.41, 5.74) is 0.113. The topological polar surface area (TPSA) is 83.4 Å². The van der Waals surface area contributed by atoms with Gasteiger partial charge in [-0.25, -0.2) is 4.98 Å². The summed E-state index contributed by atoms with van der Waals surface area (Å²) in [6.45, 7) is 3.83. The molecule has 7 heteroatoms. The summed E-state index contributed by atoms with van der Waals surface area (Å²) in [6, 6.07) is 0. The number of halogens is 1. The zero-order valence-electron chi connectivity index (χ0n) is 10.1. The number of carbonyl (C=O) groups is 2. The maximum Gasteiger partial charge on any atom is 0.308 e. The fraction of sp³-hybridized carbons (Fsp3) is 0.455. The highest BCUT2D eigenvalue weighted by Crippen LogP contribution is 2.08. The molecule has 1 aromatic heterocycles. The van der Waals surface area contributed by atoms with Crippen molar-refractivity contribution in [2.45, 2.75) is 13.8 Å². The lowest BCUT2D eigenvalue weighted by molar-refractivity contribution is -0.141. The van der Waals surface area contributed by atoms with Crippen LogP contribution in [0.25, 0.3) is 0 Å². The van der Waals surface area contributed by atoms with Gasteiger partial charge < -0.3 is 10.0 Å². The van der Waals surface area contributed by atoms with Crippen molar-refractivity contribution in [3.8, 4) is 0 Å². The molecule has 0 aromatic carbocycles. The van der Waals surface area contributed by atoms with Crippen LogP contribution in [0, 0.1) is 5.92 Å². The third-order valence-electron chi connectivity index (χ3n) is 2.41. The fourth-order valence-corrected chi connectivity index (χ4v) is 1.52. The number of aromatic nitrogens is 2. The third-order valence-corrected chi connectivity index (χ3v) is 2.59. The van der Waals surface area contributed by atoms with Crippen LogP contribution in [0.4, 0.5) is 0 Å². The first-order chi connectivity index (χ1) is 8.45. The van der Waals surface area contributed by atoms with Crippen molar-refractivity contribution in [1.29, 1.82) is 0 Å². The number of nitrogens with zero attached hydrogens (tertiary/aromatic N) is 3. The number of hydrogen-bond acceptors (Lipinski definition) is 4. The molecular formula is C11H14ClN3O3. The molecule has 0 bridgehead atoms. The molecule has 0 aliphatic carbocycles. The standard InChI is InChI=1S/C11H14ClN3O3/c1-3-15(6-7(2)11(17)18)10(16)8-4-13-5-9(12)14-8/h4-5,7H,3,6H2,1-2H3,(H,17,18). The molecule has 1 N–H and O–H groups in total. The normalized spacial score (nSPS) is 11.9. The minimum atomic E-state index is -0.946. The summed E-state index contributed by atoms with van der Waals surface area (Å²) in [5, 5.41) is 8.96. The number of carboxylic acids is 1. The van der Waals surface area contributed by atoms with Gasteiger partial charge in [-0.05, 0) is 6.92 Å². The van der Waals surface area contributed by atoms with Gasteiger partial charge in [-0.15, -0.1) is 0 Å². The van der Waals surface area contributed by atoms with E-state index in [1.54, 1.807) is 13.8 Å². The summed E-state index contributed by atoms with van der Waals surface area (Å²) < 4.78 is 0. The lowest BCUT2D eigenvalue weighted by Crippen LogP contribution is -2.37. The molecule has 0 aliphatic rings. The van der Waals surface area contributed by atoms with E-state index in [0.717, 1.165) is 0 Å². The van der Waals surface area contributed by atoms with Crippen molar-refractivity contribution in [1.82, 2.24) is 14.9 Å². The SMILES string of the molecule is CCN(CC(C)C(=O)O)C(=O)c1cncc(Cl)n1. The Labute approximate surface area is 110 Å². The highest BCUT2D eigenvalue weighted by molar-refractivity contribution is 6.29. The average Bonchev–Trinajstić information content (AvgIpc) is 2.34. The first kappa shape index (κ1) is 14.4. The molecular weight excluding hydrogens is 258 g/mol. The summed E-state index contributed by atoms with van der Waals surface area (Å²) in [6.07, 6.45) is 2.64. The van der Waals surface area contributed by atoms with E-state index in [1.807, 2.05) is 0 Å². The number of hydrogen-bond donors (Lipinski definition) is 1. The molecule has 1 amide bonds. The molecule has 0 spiro atoms. The molecule has 6 nitrogen and oxygen atoms in total. The van der Waals surface area contributed by atoms with Gasteiger partial charge in [0.2, 0.25) is 0 Å². The summed E-state index contributed by atoms with van der Waals surface area (Å²) in [7, 11) is 0. The molecule has 1 heterocycles. The second-order valence-corrected chi connectivity index (χ2v) is 4.20. The first-order valence-electron chi connectivity index (χ1n) is 5.45. The smallest absolute Gasteiger partial charge is 0.308 e. The van der Waals surface area contributed by atoms with Crippen LogP contribution < -0.4 is 0 Å². The Bertz CT molecular complexity index is 453. The van der Waals surface area contributed by atoms with Crippen LogP contribution in [0.1, 0.15) is 24.3 Å². The van der Waals surface area contributed by atoms with E-state index < -0.39 is 11.9 Å². The van der Waals surface area contributed by atoms with Crippen molar-refractivity contribution in [3.05, 3.63) is 23.2 Å². The Morgan fingerprint density at radius 3 is 2.67 bits per heavy atom. The van der Waals surface area contributed by atoms with Crippen molar-refractivity contribution >= 4 is 23.5 Å². The van der Waals surface area contributed by atoms with E-state index in [9.17, 15) is 9.59 Å². The Kier molecular flexibility index (Phi) is 5.03. The van der Waals surface area contributed by atoms with Gasteiger partial charge in [0.1, 0.15) is 10.8 Å². The van der Waals surface area contributed by atoms with Gasteiger partial charge >= 0.3 is 5.97 Å². The quantitative estimate of drug-likeness (QED) is 0.873. The van der Waals surface area contributed by atoms with E-state index >= 15 is 0 Å². The van der Waals surface area contributed by atoms with E-state index in [1.165, 1.54) is 17.3 Å². The van der Waals surface area contributed by atoms with Gasteiger partial charge in [0, 0.05) is 13.1 Å². The third kappa shape index (κ3) is 3.66. The molecule has 98 valence electrons. The maximum atomic E-state index is 12.1. The minimum absolute atomic E-state index is 0.113. The Balaban J connectivity index is 2.82. The van der Waals surface area contributed by atoms with Gasteiger partial charge in [-0.1, -0.05) is 18.5 Å². The average molecular weight is 272 g/mol. The predicted molar refractivity (Wildman–Crippen MR) is 65.4 cm³/mol. The van der Waals surface area contributed by atoms with Crippen LogP contribution in [0.3, 0.4) is 0 Å². The number of aliphatic carboxylic acids is 1. The van der Waals surface area contributed by atoms with E-state index in [4.69, 9.17) is 16.7 Å². The Hall–Kier alpha value is -1.69. The van der Waals surface area contributed by atoms with Crippen LogP contribution >= 0.6 is 11.6 Å². The maximum absolute atomic E-state index is 12.1. The second-order valence-electron chi connectivity index (χ2n) is 3.81. The van der Waals surface area contributed by atoms with Gasteiger partial charge in [0.05, 0.1) is 18.3 Å². The van der Waals surface area contributed by atoms with Crippen LogP contribution in [0.15, 0.2) is 12.4 Å². The van der Waals surface area contributed by atoms with E-state index in [2.05, 4.69) is 9.97 Å². The monoisotopic (exact) mass is 271 g/mol. The molecule has 0 aliphatic heterocycles. The van der Waals surface area contributed by atoms with Gasteiger partial charge in [0.15, 0.2) is 0 Å². The summed E-state index contributed by atoms with van der Waals surface area (Å²) in [5.74, 6) is -1.96. The Morgan fingerprint density at radius 1 is 1.50 bits per heavy atom. The molecule has 0 saturated carbocycles. The molecule has 1 rings (SSSR count). The molecule has 0 saturated heterocycles. The molecule has 0 fully saturated rings. The van der Waals surface area contributed by atoms with Gasteiger partial charge in [-0.3, -0.25) is 14.6 Å². The Morgan fingerprint density at radius 2 is 2.17 bits per heavy atom. The van der Waals surface area contributed by atoms with Crippen LogP contribution in [0.5, 0.6) is 0 Å². The van der Waals surface area contributed by atoms with Gasteiger partial charge in [-0.2, -0.15) is 0 Å². The molecule has 1 unspecified atom stereocenters. The summed E-state index contributed by atoms with van der Waals surface area (Å²) >= 11 is 5.65. The largest absolute Gasteiger partial charge is 0.481 e. The number of carbonyl (C=O) groups excluding carboxylic acids is 1. The van der Waals surface area contributed by atoms with Crippen LogP contribution in [-0.2, 0) is 4.79 Å². The van der Waals surface area contributed by atoms with Crippen molar-refractivity contribution in [3.63, 3.8) is 0 Å². The van der Waals surface area contributed by atoms with E-state index in [0.29, 0.717) is 6.54 Å². The highest BCUT2D eigenvalue weighted by Gasteiger charge is 2.21. The highest BCUT2D eigenvalue weighted by atomic mass is 35.5.